The molecule has 0 amide bonds. The minimum absolute atomic E-state index is 0.0348. The summed E-state index contributed by atoms with van der Waals surface area (Å²) < 4.78 is 5.60. The lowest BCUT2D eigenvalue weighted by atomic mass is 10.1. The fraction of sp³-hybridized carbons (Fsp3) is 0.857. The summed E-state index contributed by atoms with van der Waals surface area (Å²) >= 11 is 0. The van der Waals surface area contributed by atoms with Crippen molar-refractivity contribution in [3.63, 3.8) is 0 Å². The van der Waals surface area contributed by atoms with Crippen LogP contribution in [0.2, 0.25) is 0 Å². The van der Waals surface area contributed by atoms with Crippen molar-refractivity contribution in [2.45, 2.75) is 38.0 Å². The van der Waals surface area contributed by atoms with Gasteiger partial charge in [0.25, 0.3) is 0 Å². The van der Waals surface area contributed by atoms with Crippen LogP contribution < -0.4 is 5.73 Å². The summed E-state index contributed by atoms with van der Waals surface area (Å²) in [6.45, 7) is 2.04. The zero-order valence-corrected chi connectivity index (χ0v) is 7.47. The van der Waals surface area contributed by atoms with Crippen LogP contribution in [-0.4, -0.2) is 32.8 Å². The Bertz CT molecular complexity index is 262. The first kappa shape index (κ1) is 8.58. The van der Waals surface area contributed by atoms with Crippen LogP contribution in [-0.2, 0) is 4.74 Å². The predicted octanol–water partition coefficient (Wildman–Crippen LogP) is -0.233. The summed E-state index contributed by atoms with van der Waals surface area (Å²) in [4.78, 5) is 0. The van der Waals surface area contributed by atoms with Crippen molar-refractivity contribution in [3.8, 4) is 0 Å². The number of aromatic nitrogens is 4. The summed E-state index contributed by atoms with van der Waals surface area (Å²) in [6.07, 6.45) is 2.35. The highest BCUT2D eigenvalue weighted by Crippen LogP contribution is 2.26. The number of rotatable bonds is 2. The molecule has 6 heteroatoms. The first-order valence-corrected chi connectivity index (χ1v) is 4.42. The van der Waals surface area contributed by atoms with E-state index in [1.165, 1.54) is 0 Å². The van der Waals surface area contributed by atoms with Crippen molar-refractivity contribution in [2.75, 3.05) is 0 Å². The third-order valence-electron chi connectivity index (χ3n) is 2.33. The maximum absolute atomic E-state index is 5.90. The summed E-state index contributed by atoms with van der Waals surface area (Å²) in [5.74, 6) is 0.527. The van der Waals surface area contributed by atoms with E-state index < -0.39 is 0 Å². The zero-order valence-electron chi connectivity index (χ0n) is 7.47. The number of nitrogens with two attached hydrogens (primary N) is 1. The Morgan fingerprint density at radius 1 is 1.62 bits per heavy atom. The van der Waals surface area contributed by atoms with Crippen molar-refractivity contribution in [1.29, 1.82) is 0 Å². The van der Waals surface area contributed by atoms with Crippen molar-refractivity contribution in [1.82, 2.24) is 20.6 Å². The molecule has 3 N–H and O–H groups in total. The monoisotopic (exact) mass is 183 g/mol. The molecule has 1 fully saturated rings. The number of hydrogen-bond donors (Lipinski definition) is 2. The minimum Gasteiger partial charge on any atom is -0.373 e. The molecule has 72 valence electrons. The quantitative estimate of drug-likeness (QED) is 0.660. The lowest BCUT2D eigenvalue weighted by Crippen LogP contribution is -2.27. The standard InChI is InChI=1S/C7H13N5O/c1-4-2-3-5(13-4)6(8)7-9-11-12-10-7/h4-6H,2-3,8H2,1H3,(H,9,10,11,12). The number of ether oxygens (including phenoxy) is 1. The van der Waals surface area contributed by atoms with Crippen LogP contribution >= 0.6 is 0 Å². The van der Waals surface area contributed by atoms with Gasteiger partial charge in [-0.05, 0) is 19.8 Å². The highest BCUT2D eigenvalue weighted by Gasteiger charge is 2.30. The van der Waals surface area contributed by atoms with Crippen molar-refractivity contribution >= 4 is 0 Å². The molecule has 1 saturated heterocycles. The molecular formula is C7H13N5O. The fourth-order valence-electron chi connectivity index (χ4n) is 1.57. The topological polar surface area (TPSA) is 89.7 Å². The third kappa shape index (κ3) is 1.68. The van der Waals surface area contributed by atoms with Crippen LogP contribution in [0.25, 0.3) is 0 Å². The molecule has 0 aromatic carbocycles. The molecule has 1 aliphatic heterocycles. The van der Waals surface area contributed by atoms with Gasteiger partial charge in [0.05, 0.1) is 18.2 Å². The Morgan fingerprint density at radius 3 is 3.00 bits per heavy atom. The largest absolute Gasteiger partial charge is 0.373 e. The molecule has 1 aromatic rings. The van der Waals surface area contributed by atoms with Crippen LogP contribution in [0.4, 0.5) is 0 Å². The first-order chi connectivity index (χ1) is 6.27. The number of hydrogen-bond acceptors (Lipinski definition) is 5. The van der Waals surface area contributed by atoms with Crippen molar-refractivity contribution in [3.05, 3.63) is 5.82 Å². The SMILES string of the molecule is CC1CCC(C(N)c2nn[nH]n2)O1. The number of tetrazole rings is 1. The smallest absolute Gasteiger partial charge is 0.193 e. The average Bonchev–Trinajstić information content (AvgIpc) is 2.72. The number of nitrogens with zero attached hydrogens (tertiary/aromatic N) is 3. The maximum atomic E-state index is 5.90. The maximum Gasteiger partial charge on any atom is 0.193 e. The third-order valence-corrected chi connectivity index (χ3v) is 2.33. The summed E-state index contributed by atoms with van der Waals surface area (Å²) in [5.41, 5.74) is 5.90. The Morgan fingerprint density at radius 2 is 2.46 bits per heavy atom. The van der Waals surface area contributed by atoms with Crippen LogP contribution in [0.3, 0.4) is 0 Å². The normalized spacial score (nSPS) is 30.6. The Labute approximate surface area is 75.8 Å². The van der Waals surface area contributed by atoms with Crippen LogP contribution in [0.1, 0.15) is 31.6 Å². The lowest BCUT2D eigenvalue weighted by Gasteiger charge is -2.15. The average molecular weight is 183 g/mol. The molecule has 1 aliphatic rings. The molecule has 0 aliphatic carbocycles. The molecular weight excluding hydrogens is 170 g/mol. The lowest BCUT2D eigenvalue weighted by molar-refractivity contribution is 0.0384. The van der Waals surface area contributed by atoms with Crippen LogP contribution in [0.5, 0.6) is 0 Å². The first-order valence-electron chi connectivity index (χ1n) is 4.42. The summed E-state index contributed by atoms with van der Waals surface area (Å²) in [7, 11) is 0. The molecule has 0 bridgehead atoms. The number of H-pyrrole nitrogens is 1. The van der Waals surface area contributed by atoms with Gasteiger partial charge >= 0.3 is 0 Å². The second-order valence-electron chi connectivity index (χ2n) is 3.36. The second-order valence-corrected chi connectivity index (χ2v) is 3.36. The van der Waals surface area contributed by atoms with Gasteiger partial charge in [0, 0.05) is 0 Å². The molecule has 0 saturated carbocycles. The van der Waals surface area contributed by atoms with E-state index in [-0.39, 0.29) is 12.1 Å². The molecule has 3 unspecified atom stereocenters. The van der Waals surface area contributed by atoms with Crippen LogP contribution in [0.15, 0.2) is 0 Å². The van der Waals surface area contributed by atoms with E-state index in [0.29, 0.717) is 11.9 Å². The Kier molecular flexibility index (Phi) is 2.24. The van der Waals surface area contributed by atoms with Crippen LogP contribution in [0, 0.1) is 0 Å². The van der Waals surface area contributed by atoms with E-state index in [9.17, 15) is 0 Å². The Hall–Kier alpha value is -1.01. The molecule has 13 heavy (non-hydrogen) atoms. The van der Waals surface area contributed by atoms with Gasteiger partial charge in [0.1, 0.15) is 0 Å². The van der Waals surface area contributed by atoms with Gasteiger partial charge in [-0.15, -0.1) is 10.2 Å². The van der Waals surface area contributed by atoms with Gasteiger partial charge in [-0.25, -0.2) is 0 Å². The molecule has 6 nitrogen and oxygen atoms in total. The number of nitrogens with one attached hydrogen (secondary N) is 1. The summed E-state index contributed by atoms with van der Waals surface area (Å²) in [5, 5.41) is 13.5. The second kappa shape index (κ2) is 3.39. The van der Waals surface area contributed by atoms with Gasteiger partial charge in [-0.1, -0.05) is 5.21 Å². The molecule has 1 aromatic heterocycles. The van der Waals surface area contributed by atoms with Gasteiger partial charge in [-0.3, -0.25) is 0 Å². The minimum atomic E-state index is -0.260. The van der Waals surface area contributed by atoms with E-state index in [1.54, 1.807) is 0 Å². The molecule has 3 atom stereocenters. The van der Waals surface area contributed by atoms with Gasteiger partial charge in [0.15, 0.2) is 5.82 Å². The molecule has 0 spiro atoms. The fourth-order valence-corrected chi connectivity index (χ4v) is 1.57. The van der Waals surface area contributed by atoms with E-state index in [2.05, 4.69) is 20.6 Å². The molecule has 0 radical (unpaired) electrons. The highest BCUT2D eigenvalue weighted by atomic mass is 16.5. The zero-order chi connectivity index (χ0) is 9.26. The Balaban J connectivity index is 2.02. The number of aromatic amines is 1. The van der Waals surface area contributed by atoms with Crippen molar-refractivity contribution < 1.29 is 4.74 Å². The van der Waals surface area contributed by atoms with E-state index in [0.717, 1.165) is 12.8 Å². The van der Waals surface area contributed by atoms with E-state index >= 15 is 0 Å². The molecule has 2 heterocycles. The van der Waals surface area contributed by atoms with Crippen molar-refractivity contribution in [2.24, 2.45) is 5.73 Å². The van der Waals surface area contributed by atoms with Gasteiger partial charge < -0.3 is 10.5 Å². The predicted molar refractivity (Wildman–Crippen MR) is 44.7 cm³/mol. The molecule has 2 rings (SSSR count). The van der Waals surface area contributed by atoms with Gasteiger partial charge in [-0.2, -0.15) is 5.21 Å². The summed E-state index contributed by atoms with van der Waals surface area (Å²) in [6, 6.07) is -0.260. The van der Waals surface area contributed by atoms with E-state index in [1.807, 2.05) is 6.92 Å². The highest BCUT2D eigenvalue weighted by molar-refractivity contribution is 4.94. The van der Waals surface area contributed by atoms with Gasteiger partial charge in [0.2, 0.25) is 0 Å². The van der Waals surface area contributed by atoms with E-state index in [4.69, 9.17) is 10.5 Å².